The van der Waals surface area contributed by atoms with E-state index in [2.05, 4.69) is 6.58 Å². The molecule has 3 heteroatoms. The van der Waals surface area contributed by atoms with Gasteiger partial charge in [-0.25, -0.2) is 0 Å². The second-order valence-corrected chi connectivity index (χ2v) is 3.50. The number of carbonyl (C=O) groups is 2. The summed E-state index contributed by atoms with van der Waals surface area (Å²) in [6, 6.07) is 0. The third-order valence-electron chi connectivity index (χ3n) is 2.48. The number of carbonyl (C=O) groups excluding carboxylic acids is 2. The van der Waals surface area contributed by atoms with Crippen LogP contribution in [0, 0.1) is 5.41 Å². The van der Waals surface area contributed by atoms with Crippen LogP contribution in [0.3, 0.4) is 0 Å². The van der Waals surface area contributed by atoms with Crippen LogP contribution in [0.2, 0.25) is 0 Å². The molecule has 0 amide bonds. The number of rotatable bonds is 3. The Morgan fingerprint density at radius 2 is 2.46 bits per heavy atom. The van der Waals surface area contributed by atoms with E-state index in [0.29, 0.717) is 12.8 Å². The smallest absolute Gasteiger partial charge is 0.319 e. The molecule has 1 aliphatic rings. The minimum absolute atomic E-state index is 0.00145. The van der Waals surface area contributed by atoms with Crippen molar-refractivity contribution in [2.45, 2.75) is 26.2 Å². The van der Waals surface area contributed by atoms with Crippen LogP contribution in [0.15, 0.2) is 12.7 Å². The number of hydrogen-bond acceptors (Lipinski definition) is 3. The van der Waals surface area contributed by atoms with Crippen molar-refractivity contribution < 1.29 is 14.3 Å². The van der Waals surface area contributed by atoms with Crippen molar-refractivity contribution in [1.82, 2.24) is 0 Å². The zero-order valence-corrected chi connectivity index (χ0v) is 7.84. The molecule has 1 aliphatic carbocycles. The first kappa shape index (κ1) is 9.96. The van der Waals surface area contributed by atoms with Gasteiger partial charge in [-0.15, -0.1) is 0 Å². The van der Waals surface area contributed by atoms with Crippen LogP contribution in [0.4, 0.5) is 0 Å². The van der Waals surface area contributed by atoms with Gasteiger partial charge in [0.15, 0.2) is 0 Å². The molecule has 3 nitrogen and oxygen atoms in total. The predicted octanol–water partition coefficient (Wildman–Crippen LogP) is 1.47. The number of ether oxygens (including phenoxy) is 1. The van der Waals surface area contributed by atoms with E-state index in [1.165, 1.54) is 6.08 Å². The van der Waals surface area contributed by atoms with Crippen LogP contribution in [0.1, 0.15) is 26.2 Å². The van der Waals surface area contributed by atoms with Crippen molar-refractivity contribution in [1.29, 1.82) is 0 Å². The minimum Gasteiger partial charge on any atom is -0.461 e. The number of Topliss-reactive ketones (excluding diaryl/α,β-unsaturated/α-hetero) is 1. The van der Waals surface area contributed by atoms with Gasteiger partial charge in [0.25, 0.3) is 0 Å². The van der Waals surface area contributed by atoms with Crippen LogP contribution in [0.5, 0.6) is 0 Å². The Morgan fingerprint density at radius 1 is 1.77 bits per heavy atom. The van der Waals surface area contributed by atoms with Gasteiger partial charge in [-0.2, -0.15) is 0 Å². The van der Waals surface area contributed by atoms with Gasteiger partial charge in [0, 0.05) is 6.42 Å². The lowest BCUT2D eigenvalue weighted by Crippen LogP contribution is -2.33. The quantitative estimate of drug-likeness (QED) is 0.377. The summed E-state index contributed by atoms with van der Waals surface area (Å²) in [4.78, 5) is 22.8. The van der Waals surface area contributed by atoms with E-state index in [-0.39, 0.29) is 12.4 Å². The second-order valence-electron chi connectivity index (χ2n) is 3.50. The van der Waals surface area contributed by atoms with Crippen molar-refractivity contribution >= 4 is 11.8 Å². The molecule has 0 aromatic rings. The van der Waals surface area contributed by atoms with E-state index in [0.717, 1.165) is 6.42 Å². The summed E-state index contributed by atoms with van der Waals surface area (Å²) in [7, 11) is 0. The van der Waals surface area contributed by atoms with Gasteiger partial charge < -0.3 is 4.74 Å². The first-order valence-corrected chi connectivity index (χ1v) is 4.42. The lowest BCUT2D eigenvalue weighted by atomic mass is 9.88. The molecule has 0 saturated heterocycles. The average molecular weight is 182 g/mol. The maximum Gasteiger partial charge on any atom is 0.319 e. The van der Waals surface area contributed by atoms with Crippen molar-refractivity contribution in [3.8, 4) is 0 Å². The van der Waals surface area contributed by atoms with Gasteiger partial charge in [-0.05, 0) is 19.8 Å². The SMILES string of the molecule is C=CCOC(=O)C1(C)CCCC1=O. The molecule has 0 heterocycles. The lowest BCUT2D eigenvalue weighted by molar-refractivity contribution is -0.156. The summed E-state index contributed by atoms with van der Waals surface area (Å²) in [6.45, 7) is 5.28. The summed E-state index contributed by atoms with van der Waals surface area (Å²) in [6.07, 6.45) is 3.40. The Labute approximate surface area is 77.8 Å². The lowest BCUT2D eigenvalue weighted by Gasteiger charge is -2.18. The summed E-state index contributed by atoms with van der Waals surface area (Å²) < 4.78 is 4.87. The van der Waals surface area contributed by atoms with Crippen LogP contribution in [-0.2, 0) is 14.3 Å². The fourth-order valence-electron chi connectivity index (χ4n) is 1.53. The zero-order valence-electron chi connectivity index (χ0n) is 7.84. The normalized spacial score (nSPS) is 27.3. The topological polar surface area (TPSA) is 43.4 Å². The first-order chi connectivity index (χ1) is 6.11. The van der Waals surface area contributed by atoms with Crippen LogP contribution < -0.4 is 0 Å². The van der Waals surface area contributed by atoms with Crippen molar-refractivity contribution in [2.75, 3.05) is 6.61 Å². The van der Waals surface area contributed by atoms with Crippen molar-refractivity contribution in [3.63, 3.8) is 0 Å². The molecule has 0 spiro atoms. The zero-order chi connectivity index (χ0) is 9.90. The minimum atomic E-state index is -0.886. The third kappa shape index (κ3) is 1.79. The van der Waals surface area contributed by atoms with Gasteiger partial charge in [0.2, 0.25) is 0 Å². The van der Waals surface area contributed by atoms with Gasteiger partial charge in [-0.1, -0.05) is 12.7 Å². The maximum absolute atomic E-state index is 11.4. The Bertz CT molecular complexity index is 245. The Morgan fingerprint density at radius 3 is 2.92 bits per heavy atom. The number of hydrogen-bond donors (Lipinski definition) is 0. The molecular weight excluding hydrogens is 168 g/mol. The highest BCUT2D eigenvalue weighted by Gasteiger charge is 2.45. The van der Waals surface area contributed by atoms with Crippen LogP contribution >= 0.6 is 0 Å². The number of ketones is 1. The first-order valence-electron chi connectivity index (χ1n) is 4.42. The molecule has 1 fully saturated rings. The van der Waals surface area contributed by atoms with E-state index in [4.69, 9.17) is 4.74 Å². The molecule has 0 radical (unpaired) electrons. The molecule has 0 aliphatic heterocycles. The fourth-order valence-corrected chi connectivity index (χ4v) is 1.53. The molecule has 1 rings (SSSR count). The Balaban J connectivity index is 2.63. The van der Waals surface area contributed by atoms with E-state index in [1.54, 1.807) is 6.92 Å². The summed E-state index contributed by atoms with van der Waals surface area (Å²) >= 11 is 0. The second kappa shape index (κ2) is 3.73. The average Bonchev–Trinajstić information content (AvgIpc) is 2.44. The molecule has 0 bridgehead atoms. The highest BCUT2D eigenvalue weighted by molar-refractivity contribution is 6.04. The highest BCUT2D eigenvalue weighted by Crippen LogP contribution is 2.35. The Hall–Kier alpha value is -1.12. The molecule has 1 atom stereocenters. The molecule has 0 N–H and O–H groups in total. The molecule has 13 heavy (non-hydrogen) atoms. The van der Waals surface area contributed by atoms with Gasteiger partial charge in [0.1, 0.15) is 17.8 Å². The van der Waals surface area contributed by atoms with Gasteiger partial charge >= 0.3 is 5.97 Å². The van der Waals surface area contributed by atoms with E-state index < -0.39 is 11.4 Å². The largest absolute Gasteiger partial charge is 0.461 e. The fraction of sp³-hybridized carbons (Fsp3) is 0.600. The predicted molar refractivity (Wildman–Crippen MR) is 48.1 cm³/mol. The van der Waals surface area contributed by atoms with Crippen LogP contribution in [0.25, 0.3) is 0 Å². The summed E-state index contributed by atoms with van der Waals surface area (Å²) in [5.41, 5.74) is -0.886. The van der Waals surface area contributed by atoms with Gasteiger partial charge in [0.05, 0.1) is 0 Å². The van der Waals surface area contributed by atoms with E-state index in [1.807, 2.05) is 0 Å². The summed E-state index contributed by atoms with van der Waals surface area (Å²) in [5, 5.41) is 0. The molecule has 1 unspecified atom stereocenters. The third-order valence-corrected chi connectivity index (χ3v) is 2.48. The Kier molecular flexibility index (Phi) is 2.86. The molecule has 72 valence electrons. The van der Waals surface area contributed by atoms with Crippen molar-refractivity contribution in [2.24, 2.45) is 5.41 Å². The van der Waals surface area contributed by atoms with Gasteiger partial charge in [-0.3, -0.25) is 9.59 Å². The van der Waals surface area contributed by atoms with Crippen molar-refractivity contribution in [3.05, 3.63) is 12.7 Å². The van der Waals surface area contributed by atoms with Crippen LogP contribution in [-0.4, -0.2) is 18.4 Å². The molecule has 0 aromatic carbocycles. The summed E-state index contributed by atoms with van der Waals surface area (Å²) in [5.74, 6) is -0.406. The standard InChI is InChI=1S/C10H14O3/c1-3-7-13-9(12)10(2)6-4-5-8(10)11/h3H,1,4-7H2,2H3. The number of esters is 1. The van der Waals surface area contributed by atoms with E-state index >= 15 is 0 Å². The van der Waals surface area contributed by atoms with E-state index in [9.17, 15) is 9.59 Å². The molecule has 1 saturated carbocycles. The maximum atomic E-state index is 11.4. The molecular formula is C10H14O3. The molecule has 0 aromatic heterocycles. The monoisotopic (exact) mass is 182 g/mol. The highest BCUT2D eigenvalue weighted by atomic mass is 16.5.